The zero-order valence-electron chi connectivity index (χ0n) is 15.2. The SMILES string of the molecule is COc1cccc(Nc2ccc(C(=O)N3CCC4(CC3)OCCO4)nn2)c1. The van der Waals surface area contributed by atoms with Gasteiger partial charge in [-0.05, 0) is 24.3 Å². The van der Waals surface area contributed by atoms with Crippen molar-refractivity contribution in [3.05, 3.63) is 42.1 Å². The van der Waals surface area contributed by atoms with Crippen LogP contribution in [0.15, 0.2) is 36.4 Å². The molecule has 1 aromatic heterocycles. The fraction of sp³-hybridized carbons (Fsp3) is 0.421. The molecular formula is C19H22N4O4. The van der Waals surface area contributed by atoms with Gasteiger partial charge in [0.1, 0.15) is 5.75 Å². The first-order valence-electron chi connectivity index (χ1n) is 8.99. The molecule has 2 aliphatic rings. The van der Waals surface area contributed by atoms with Crippen molar-refractivity contribution in [2.24, 2.45) is 0 Å². The van der Waals surface area contributed by atoms with Crippen molar-refractivity contribution < 1.29 is 19.0 Å². The number of aromatic nitrogens is 2. The van der Waals surface area contributed by atoms with E-state index in [4.69, 9.17) is 14.2 Å². The van der Waals surface area contributed by atoms with Crippen molar-refractivity contribution in [1.82, 2.24) is 15.1 Å². The number of hydrogen-bond donors (Lipinski definition) is 1. The van der Waals surface area contributed by atoms with E-state index in [2.05, 4.69) is 15.5 Å². The molecule has 0 atom stereocenters. The first kappa shape index (κ1) is 17.7. The Hall–Kier alpha value is -2.71. The number of anilines is 2. The number of amides is 1. The molecule has 0 aliphatic carbocycles. The zero-order chi connectivity index (χ0) is 18.7. The largest absolute Gasteiger partial charge is 0.497 e. The van der Waals surface area contributed by atoms with Gasteiger partial charge in [-0.15, -0.1) is 10.2 Å². The molecule has 3 heterocycles. The summed E-state index contributed by atoms with van der Waals surface area (Å²) in [5.74, 6) is 0.693. The van der Waals surface area contributed by atoms with E-state index < -0.39 is 5.79 Å². The fourth-order valence-electron chi connectivity index (χ4n) is 3.36. The van der Waals surface area contributed by atoms with Gasteiger partial charge < -0.3 is 24.4 Å². The number of hydrogen-bond acceptors (Lipinski definition) is 7. The number of carbonyl (C=O) groups is 1. The normalized spacial score (nSPS) is 18.5. The Morgan fingerprint density at radius 3 is 2.59 bits per heavy atom. The van der Waals surface area contributed by atoms with Crippen LogP contribution in [0, 0.1) is 0 Å². The lowest BCUT2D eigenvalue weighted by Crippen LogP contribution is -2.47. The number of rotatable bonds is 4. The topological polar surface area (TPSA) is 85.8 Å². The van der Waals surface area contributed by atoms with Crippen LogP contribution in [-0.2, 0) is 9.47 Å². The Labute approximate surface area is 157 Å². The number of ether oxygens (including phenoxy) is 3. The molecule has 8 nitrogen and oxygen atoms in total. The van der Waals surface area contributed by atoms with Crippen molar-refractivity contribution in [2.45, 2.75) is 18.6 Å². The van der Waals surface area contributed by atoms with Gasteiger partial charge in [0.25, 0.3) is 5.91 Å². The Balaban J connectivity index is 1.37. The quantitative estimate of drug-likeness (QED) is 0.883. The van der Waals surface area contributed by atoms with E-state index in [-0.39, 0.29) is 5.91 Å². The van der Waals surface area contributed by atoms with E-state index in [1.165, 1.54) is 0 Å². The second-order valence-corrected chi connectivity index (χ2v) is 6.56. The summed E-state index contributed by atoms with van der Waals surface area (Å²) in [5.41, 5.74) is 1.16. The Bertz CT molecular complexity index is 796. The lowest BCUT2D eigenvalue weighted by Gasteiger charge is -2.37. The van der Waals surface area contributed by atoms with Gasteiger partial charge in [0, 0.05) is 37.7 Å². The molecule has 0 saturated carbocycles. The summed E-state index contributed by atoms with van der Waals surface area (Å²) in [4.78, 5) is 14.4. The van der Waals surface area contributed by atoms with Crippen LogP contribution in [0.25, 0.3) is 0 Å². The number of nitrogens with one attached hydrogen (secondary N) is 1. The maximum atomic E-state index is 12.7. The summed E-state index contributed by atoms with van der Waals surface area (Å²) < 4.78 is 16.6. The van der Waals surface area contributed by atoms with Gasteiger partial charge >= 0.3 is 0 Å². The van der Waals surface area contributed by atoms with E-state index in [1.54, 1.807) is 24.1 Å². The molecule has 0 unspecified atom stereocenters. The molecule has 1 N–H and O–H groups in total. The van der Waals surface area contributed by atoms with E-state index in [1.807, 2.05) is 24.3 Å². The summed E-state index contributed by atoms with van der Waals surface area (Å²) in [6.07, 6.45) is 1.36. The lowest BCUT2D eigenvalue weighted by atomic mass is 10.0. The maximum Gasteiger partial charge on any atom is 0.274 e. The van der Waals surface area contributed by atoms with Gasteiger partial charge in [-0.2, -0.15) is 0 Å². The predicted molar refractivity (Wildman–Crippen MR) is 98.1 cm³/mol. The van der Waals surface area contributed by atoms with E-state index in [0.717, 1.165) is 11.4 Å². The molecule has 8 heteroatoms. The summed E-state index contributed by atoms with van der Waals surface area (Å²) in [6.45, 7) is 2.43. The zero-order valence-corrected chi connectivity index (χ0v) is 15.2. The highest BCUT2D eigenvalue weighted by Crippen LogP contribution is 2.31. The second kappa shape index (κ2) is 7.50. The summed E-state index contributed by atoms with van der Waals surface area (Å²) in [6, 6.07) is 10.9. The van der Waals surface area contributed by atoms with Crippen molar-refractivity contribution in [2.75, 3.05) is 38.7 Å². The molecule has 27 heavy (non-hydrogen) atoms. The molecule has 1 amide bonds. The van der Waals surface area contributed by atoms with E-state index in [0.29, 0.717) is 50.7 Å². The number of likely N-dealkylation sites (tertiary alicyclic amines) is 1. The summed E-state index contributed by atoms with van der Waals surface area (Å²) >= 11 is 0. The average molecular weight is 370 g/mol. The number of methoxy groups -OCH3 is 1. The molecule has 0 bridgehead atoms. The van der Waals surface area contributed by atoms with E-state index >= 15 is 0 Å². The Morgan fingerprint density at radius 2 is 1.93 bits per heavy atom. The van der Waals surface area contributed by atoms with Gasteiger partial charge in [-0.1, -0.05) is 6.07 Å². The van der Waals surface area contributed by atoms with Gasteiger partial charge in [-0.3, -0.25) is 4.79 Å². The third kappa shape index (κ3) is 3.86. The molecule has 142 valence electrons. The van der Waals surface area contributed by atoms with Crippen LogP contribution >= 0.6 is 0 Å². The number of nitrogens with zero attached hydrogens (tertiary/aromatic N) is 3. The molecule has 4 rings (SSSR count). The van der Waals surface area contributed by atoms with E-state index in [9.17, 15) is 4.79 Å². The number of benzene rings is 1. The van der Waals surface area contributed by atoms with Gasteiger partial charge in [0.05, 0.1) is 20.3 Å². The van der Waals surface area contributed by atoms with Crippen LogP contribution in [0.5, 0.6) is 5.75 Å². The van der Waals surface area contributed by atoms with Crippen LogP contribution in [0.3, 0.4) is 0 Å². The smallest absolute Gasteiger partial charge is 0.274 e. The Kier molecular flexibility index (Phi) is 4.91. The standard InChI is InChI=1S/C19H22N4O4/c1-25-15-4-2-3-14(13-15)20-17-6-5-16(21-22-17)18(24)23-9-7-19(8-10-23)26-11-12-27-19/h2-6,13H,7-12H2,1H3,(H,20,22). The van der Waals surface area contributed by atoms with Crippen LogP contribution < -0.4 is 10.1 Å². The molecule has 2 aromatic rings. The first-order chi connectivity index (χ1) is 13.2. The maximum absolute atomic E-state index is 12.7. The third-order valence-corrected chi connectivity index (χ3v) is 4.85. The second-order valence-electron chi connectivity index (χ2n) is 6.56. The molecule has 2 saturated heterocycles. The molecular weight excluding hydrogens is 348 g/mol. The first-order valence-corrected chi connectivity index (χ1v) is 8.99. The molecule has 1 aromatic carbocycles. The van der Waals surface area contributed by atoms with Gasteiger partial charge in [-0.25, -0.2) is 0 Å². The highest BCUT2D eigenvalue weighted by Gasteiger charge is 2.41. The highest BCUT2D eigenvalue weighted by molar-refractivity contribution is 5.92. The van der Waals surface area contributed by atoms with Gasteiger partial charge in [0.2, 0.25) is 0 Å². The Morgan fingerprint density at radius 1 is 1.15 bits per heavy atom. The average Bonchev–Trinajstić information content (AvgIpc) is 3.17. The minimum atomic E-state index is -0.493. The van der Waals surface area contributed by atoms with Crippen LogP contribution in [-0.4, -0.2) is 60.2 Å². The monoisotopic (exact) mass is 370 g/mol. The minimum Gasteiger partial charge on any atom is -0.497 e. The van der Waals surface area contributed by atoms with Gasteiger partial charge in [0.15, 0.2) is 17.3 Å². The third-order valence-electron chi connectivity index (χ3n) is 4.85. The molecule has 2 aliphatic heterocycles. The lowest BCUT2D eigenvalue weighted by molar-refractivity contribution is -0.181. The van der Waals surface area contributed by atoms with Crippen molar-refractivity contribution in [3.8, 4) is 5.75 Å². The summed E-state index contributed by atoms with van der Waals surface area (Å²) in [5, 5.41) is 11.3. The molecule has 1 spiro atoms. The van der Waals surface area contributed by atoms with Crippen molar-refractivity contribution in [1.29, 1.82) is 0 Å². The highest BCUT2D eigenvalue weighted by atomic mass is 16.7. The van der Waals surface area contributed by atoms with Crippen molar-refractivity contribution >= 4 is 17.4 Å². The van der Waals surface area contributed by atoms with Crippen LogP contribution in [0.2, 0.25) is 0 Å². The van der Waals surface area contributed by atoms with Crippen LogP contribution in [0.1, 0.15) is 23.3 Å². The minimum absolute atomic E-state index is 0.122. The molecule has 0 radical (unpaired) electrons. The van der Waals surface area contributed by atoms with Crippen molar-refractivity contribution in [3.63, 3.8) is 0 Å². The molecule has 2 fully saturated rings. The van der Waals surface area contributed by atoms with Crippen LogP contribution in [0.4, 0.5) is 11.5 Å². The summed E-state index contributed by atoms with van der Waals surface area (Å²) in [7, 11) is 1.62. The number of carbonyl (C=O) groups excluding carboxylic acids is 1. The predicted octanol–water partition coefficient (Wildman–Crippen LogP) is 2.21. The number of piperidine rings is 1. The fourth-order valence-corrected chi connectivity index (χ4v) is 3.36.